The van der Waals surface area contributed by atoms with Crippen molar-refractivity contribution in [2.45, 2.75) is 97.0 Å². The zero-order chi connectivity index (χ0) is 54.3. The number of hydrogen-bond acceptors (Lipinski definition) is 15. The molecule has 408 valence electrons. The summed E-state index contributed by atoms with van der Waals surface area (Å²) in [5.74, 6) is -0.879. The average Bonchev–Trinajstić information content (AvgIpc) is 4.02. The number of rotatable bonds is 19. The summed E-state index contributed by atoms with van der Waals surface area (Å²) < 4.78 is 41.4. The second-order valence-electron chi connectivity index (χ2n) is 21.1. The number of thiazole rings is 1. The van der Waals surface area contributed by atoms with Crippen LogP contribution in [0, 0.1) is 18.2 Å². The predicted molar refractivity (Wildman–Crippen MR) is 298 cm³/mol. The highest BCUT2D eigenvalue weighted by Gasteiger charge is 2.44. The normalized spacial score (nSPS) is 18.3. The first-order chi connectivity index (χ1) is 36.2. The number of piperidine rings is 1. The number of sulfonamides is 1. The Balaban J connectivity index is 0.742. The van der Waals surface area contributed by atoms with E-state index in [1.165, 1.54) is 24.2 Å². The summed E-state index contributed by atoms with van der Waals surface area (Å²) in [5.41, 5.74) is 5.98. The van der Waals surface area contributed by atoms with Gasteiger partial charge < -0.3 is 41.1 Å². The van der Waals surface area contributed by atoms with Crippen LogP contribution in [0.3, 0.4) is 0 Å². The van der Waals surface area contributed by atoms with Gasteiger partial charge in [-0.05, 0) is 86.0 Å². The van der Waals surface area contributed by atoms with Crippen LogP contribution in [0.25, 0.3) is 10.4 Å². The summed E-state index contributed by atoms with van der Waals surface area (Å²) in [4.78, 5) is 63.7. The van der Waals surface area contributed by atoms with Crippen LogP contribution in [0.15, 0.2) is 78.4 Å². The van der Waals surface area contributed by atoms with Gasteiger partial charge in [-0.25, -0.2) is 22.8 Å². The number of para-hydroxylation sites is 2. The molecule has 76 heavy (non-hydrogen) atoms. The fourth-order valence-electron chi connectivity index (χ4n) is 10.1. The predicted octanol–water partition coefficient (Wildman–Crippen LogP) is 7.15. The maximum atomic E-state index is 15.7. The van der Waals surface area contributed by atoms with Crippen molar-refractivity contribution in [3.63, 3.8) is 0 Å². The highest BCUT2D eigenvalue weighted by Crippen LogP contribution is 2.34. The number of hydrogen-bond donors (Lipinski definition) is 5. The standard InChI is InChI=1S/C54H70ClFN12O6S2/c1-35-48(75-34-59-35)37-16-14-36(15-17-37)31-57-51(71)46-30-40(69)33-68(46)52(72)49(54(2,3)4)62-47(70)13-9-10-22-65-25-27-66(28-26-65)39-20-23-67(24-21-39)44-19-18-38(29-42(44)56)60-53-58-32-41(55)50(63-53)61-43-11-7-8-12-45(43)64(5)76(6,73)74/h7-8,11-12,14-19,29,32,34,39-40,46,49,69H,9-10,13,20-28,30-31,33H2,1-6H3,(H,57,71)(H,62,70)(H2,58,60,61,63)/t40-,46-,49-/m1/s1. The fraction of sp³-hybridized carbons (Fsp3) is 0.481. The van der Waals surface area contributed by atoms with E-state index in [9.17, 15) is 27.9 Å². The number of benzene rings is 3. The van der Waals surface area contributed by atoms with Crippen LogP contribution in [0.1, 0.15) is 70.6 Å². The number of amides is 3. The van der Waals surface area contributed by atoms with Crippen molar-refractivity contribution in [1.82, 2.24) is 40.3 Å². The Hall–Kier alpha value is -5.97. The average molecular weight is 1100 g/mol. The largest absolute Gasteiger partial charge is 0.391 e. The Morgan fingerprint density at radius 2 is 1.68 bits per heavy atom. The molecule has 2 aromatic heterocycles. The first-order valence-corrected chi connectivity index (χ1v) is 29.0. The molecular formula is C54H70ClFN12O6S2. The van der Waals surface area contributed by atoms with Crippen molar-refractivity contribution < 1.29 is 32.3 Å². The van der Waals surface area contributed by atoms with Gasteiger partial charge >= 0.3 is 0 Å². The van der Waals surface area contributed by atoms with E-state index < -0.39 is 33.6 Å². The molecule has 22 heteroatoms. The summed E-state index contributed by atoms with van der Waals surface area (Å²) in [5, 5.41) is 23.0. The van der Waals surface area contributed by atoms with Crippen molar-refractivity contribution in [2.75, 3.05) is 85.5 Å². The molecule has 3 aliphatic heterocycles. The molecule has 0 bridgehead atoms. The Kier molecular flexibility index (Phi) is 18.2. The van der Waals surface area contributed by atoms with Gasteiger partial charge in [-0.2, -0.15) is 4.98 Å². The Bertz CT molecular complexity index is 2950. The minimum atomic E-state index is -3.53. The molecule has 0 spiro atoms. The summed E-state index contributed by atoms with van der Waals surface area (Å²) >= 11 is 8.01. The van der Waals surface area contributed by atoms with Gasteiger partial charge in [0.2, 0.25) is 33.7 Å². The molecule has 5 heterocycles. The molecule has 0 unspecified atom stereocenters. The zero-order valence-corrected chi connectivity index (χ0v) is 46.4. The molecule has 3 fully saturated rings. The Labute approximate surface area is 454 Å². The van der Waals surface area contributed by atoms with Crippen LogP contribution in [-0.2, 0) is 31.0 Å². The van der Waals surface area contributed by atoms with Gasteiger partial charge in [0, 0.05) is 84.0 Å². The highest BCUT2D eigenvalue weighted by molar-refractivity contribution is 7.92. The number of β-amino-alcohol motifs (C(OH)–C–C–N with tert-alkyl or cyclic N) is 1. The number of aliphatic hydroxyl groups excluding tert-OH is 1. The lowest BCUT2D eigenvalue weighted by Crippen LogP contribution is -2.57. The number of halogens is 2. The van der Waals surface area contributed by atoms with E-state index in [4.69, 9.17) is 11.6 Å². The van der Waals surface area contributed by atoms with Crippen molar-refractivity contribution >= 4 is 85.2 Å². The molecular weight excluding hydrogens is 1030 g/mol. The van der Waals surface area contributed by atoms with Gasteiger partial charge in [0.05, 0.1) is 51.7 Å². The molecule has 18 nitrogen and oxygen atoms in total. The number of aliphatic hydroxyl groups is 1. The molecule has 3 saturated heterocycles. The van der Waals surface area contributed by atoms with E-state index in [0.717, 1.165) is 97.3 Å². The third-order valence-corrected chi connectivity index (χ3v) is 17.0. The van der Waals surface area contributed by atoms with Crippen LogP contribution < -0.4 is 30.5 Å². The number of carbonyl (C=O) groups excluding carboxylic acids is 3. The molecule has 3 atom stereocenters. The van der Waals surface area contributed by atoms with Gasteiger partial charge in [0.1, 0.15) is 22.9 Å². The number of aromatic nitrogens is 3. The zero-order valence-electron chi connectivity index (χ0n) is 44.1. The molecule has 5 N–H and O–H groups in total. The maximum Gasteiger partial charge on any atom is 0.246 e. The lowest BCUT2D eigenvalue weighted by atomic mass is 9.85. The fourth-order valence-corrected chi connectivity index (χ4v) is 11.6. The van der Waals surface area contributed by atoms with Gasteiger partial charge in [-0.3, -0.25) is 23.6 Å². The molecule has 5 aromatic rings. The van der Waals surface area contributed by atoms with E-state index in [1.807, 2.05) is 57.5 Å². The Morgan fingerprint density at radius 1 is 0.961 bits per heavy atom. The lowest BCUT2D eigenvalue weighted by molar-refractivity contribution is -0.144. The number of piperazine rings is 1. The molecule has 8 rings (SSSR count). The van der Waals surface area contributed by atoms with E-state index >= 15 is 4.39 Å². The number of likely N-dealkylation sites (tertiary alicyclic amines) is 1. The smallest absolute Gasteiger partial charge is 0.246 e. The van der Waals surface area contributed by atoms with E-state index in [1.54, 1.807) is 47.7 Å². The first kappa shape index (κ1) is 56.2. The summed E-state index contributed by atoms with van der Waals surface area (Å²) in [6.07, 6.45) is 5.41. The minimum Gasteiger partial charge on any atom is -0.391 e. The van der Waals surface area contributed by atoms with Crippen LogP contribution in [-0.4, -0.2) is 151 Å². The number of aryl methyl sites for hydroxylation is 1. The van der Waals surface area contributed by atoms with E-state index in [2.05, 4.69) is 50.9 Å². The van der Waals surface area contributed by atoms with Gasteiger partial charge in [-0.15, -0.1) is 11.3 Å². The number of nitrogens with zero attached hydrogens (tertiary/aromatic N) is 8. The number of carbonyl (C=O) groups is 3. The van der Waals surface area contributed by atoms with Crippen LogP contribution in [0.2, 0.25) is 5.02 Å². The third kappa shape index (κ3) is 14.1. The van der Waals surface area contributed by atoms with Crippen molar-refractivity contribution in [1.29, 1.82) is 0 Å². The number of anilines is 6. The monoisotopic (exact) mass is 1100 g/mol. The lowest BCUT2D eigenvalue weighted by Gasteiger charge is -2.43. The topological polar surface area (TPSA) is 209 Å². The van der Waals surface area contributed by atoms with Gasteiger partial charge in [0.15, 0.2) is 5.82 Å². The first-order valence-electron chi connectivity index (χ1n) is 25.9. The quantitative estimate of drug-likeness (QED) is 0.0521. The summed E-state index contributed by atoms with van der Waals surface area (Å²) in [7, 11) is -2.07. The van der Waals surface area contributed by atoms with Gasteiger partial charge in [0.25, 0.3) is 0 Å². The van der Waals surface area contributed by atoms with E-state index in [0.29, 0.717) is 35.2 Å². The van der Waals surface area contributed by atoms with Crippen LogP contribution in [0.5, 0.6) is 0 Å². The number of unbranched alkanes of at least 4 members (excludes halogenated alkanes) is 1. The second kappa shape index (κ2) is 24.6. The number of nitrogens with one attached hydrogen (secondary N) is 4. The molecule has 3 aliphatic rings. The summed E-state index contributed by atoms with van der Waals surface area (Å²) in [6.45, 7) is 14.0. The van der Waals surface area contributed by atoms with Crippen molar-refractivity contribution in [3.8, 4) is 10.4 Å². The summed E-state index contributed by atoms with van der Waals surface area (Å²) in [6, 6.07) is 18.4. The van der Waals surface area contributed by atoms with Crippen molar-refractivity contribution in [3.05, 3.63) is 101 Å². The molecule has 0 saturated carbocycles. The van der Waals surface area contributed by atoms with E-state index in [-0.39, 0.29) is 66.3 Å². The molecule has 0 aliphatic carbocycles. The molecule has 3 amide bonds. The van der Waals surface area contributed by atoms with Crippen molar-refractivity contribution in [2.24, 2.45) is 5.41 Å². The minimum absolute atomic E-state index is 0.0175. The third-order valence-electron chi connectivity index (χ3n) is 14.5. The molecule has 3 aromatic carbocycles. The molecule has 0 radical (unpaired) electrons. The van der Waals surface area contributed by atoms with Crippen LogP contribution >= 0.6 is 22.9 Å². The van der Waals surface area contributed by atoms with Crippen LogP contribution in [0.4, 0.5) is 38.9 Å². The second-order valence-corrected chi connectivity index (χ2v) is 24.3. The SMILES string of the molecule is Cc1ncsc1-c1ccc(CNC(=O)[C@H]2C[C@@H](O)CN2C(=O)[C@@H](NC(=O)CCCCN2CCN(C3CCN(c4ccc(Nc5ncc(Cl)c(Nc6ccccc6N(C)S(C)(=O)=O)n5)cc4F)CC3)CC2)C(C)(C)C)cc1. The highest BCUT2D eigenvalue weighted by atomic mass is 35.5. The van der Waals surface area contributed by atoms with Gasteiger partial charge in [-0.1, -0.05) is 68.8 Å². The maximum absolute atomic E-state index is 15.7. The Morgan fingerprint density at radius 3 is 2.36 bits per heavy atom.